The van der Waals surface area contributed by atoms with Crippen molar-refractivity contribution < 1.29 is 9.53 Å². The zero-order valence-electron chi connectivity index (χ0n) is 11.9. The maximum Gasteiger partial charge on any atom is 0.337 e. The molecular formula is C14H12ClN5O2. The lowest BCUT2D eigenvalue weighted by Crippen LogP contribution is -2.03. The third-order valence-electron chi connectivity index (χ3n) is 3.17. The minimum Gasteiger partial charge on any atom is -0.465 e. The first-order valence-corrected chi connectivity index (χ1v) is 6.75. The summed E-state index contributed by atoms with van der Waals surface area (Å²) in [6, 6.07) is 4.83. The number of aryl methyl sites for hydroxylation is 1. The van der Waals surface area contributed by atoms with Gasteiger partial charge in [0.05, 0.1) is 35.0 Å². The van der Waals surface area contributed by atoms with Crippen molar-refractivity contribution in [3.8, 4) is 0 Å². The molecule has 3 aromatic rings. The minimum absolute atomic E-state index is 0.394. The molecular weight excluding hydrogens is 306 g/mol. The van der Waals surface area contributed by atoms with Crippen LogP contribution in [0.15, 0.2) is 30.7 Å². The summed E-state index contributed by atoms with van der Waals surface area (Å²) in [7, 11) is 3.12. The highest BCUT2D eigenvalue weighted by Crippen LogP contribution is 2.28. The molecule has 0 bridgehead atoms. The van der Waals surface area contributed by atoms with Crippen LogP contribution < -0.4 is 5.32 Å². The molecule has 0 spiro atoms. The van der Waals surface area contributed by atoms with Crippen LogP contribution in [-0.4, -0.2) is 32.8 Å². The quantitative estimate of drug-likeness (QED) is 0.748. The Bertz CT molecular complexity index is 862. The van der Waals surface area contributed by atoms with Crippen molar-refractivity contribution >= 4 is 40.1 Å². The topological polar surface area (TPSA) is 81.9 Å². The number of ether oxygens (including phenoxy) is 1. The predicted molar refractivity (Wildman–Crippen MR) is 82.4 cm³/mol. The molecule has 0 saturated carbocycles. The van der Waals surface area contributed by atoms with Crippen molar-refractivity contribution in [2.45, 2.75) is 0 Å². The van der Waals surface area contributed by atoms with Crippen molar-refractivity contribution in [1.29, 1.82) is 0 Å². The molecule has 1 aromatic carbocycles. The number of rotatable bonds is 3. The van der Waals surface area contributed by atoms with Gasteiger partial charge in [-0.25, -0.2) is 14.8 Å². The fourth-order valence-electron chi connectivity index (χ4n) is 2.06. The van der Waals surface area contributed by atoms with E-state index in [4.69, 9.17) is 16.3 Å². The second-order valence-electron chi connectivity index (χ2n) is 4.54. The van der Waals surface area contributed by atoms with E-state index < -0.39 is 5.97 Å². The second-order valence-corrected chi connectivity index (χ2v) is 4.95. The van der Waals surface area contributed by atoms with Crippen LogP contribution >= 0.6 is 11.6 Å². The second kappa shape index (κ2) is 5.61. The predicted octanol–water partition coefficient (Wildman–Crippen LogP) is 2.55. The van der Waals surface area contributed by atoms with Gasteiger partial charge in [-0.3, -0.25) is 4.68 Å². The molecule has 0 aliphatic carbocycles. The summed E-state index contributed by atoms with van der Waals surface area (Å²) < 4.78 is 6.35. The summed E-state index contributed by atoms with van der Waals surface area (Å²) in [6.07, 6.45) is 3.10. The fourth-order valence-corrected chi connectivity index (χ4v) is 2.22. The first-order chi connectivity index (χ1) is 10.6. The van der Waals surface area contributed by atoms with E-state index in [0.29, 0.717) is 27.7 Å². The number of methoxy groups -OCH3 is 1. The van der Waals surface area contributed by atoms with Crippen LogP contribution in [0.3, 0.4) is 0 Å². The summed E-state index contributed by atoms with van der Waals surface area (Å²) in [5.41, 5.74) is 1.64. The number of nitrogens with one attached hydrogen (secondary N) is 1. The number of fused-ring (bicyclic) bond motifs is 1. The zero-order chi connectivity index (χ0) is 15.7. The zero-order valence-corrected chi connectivity index (χ0v) is 12.6. The van der Waals surface area contributed by atoms with Gasteiger partial charge in [-0.2, -0.15) is 5.10 Å². The van der Waals surface area contributed by atoms with E-state index in [1.807, 2.05) is 0 Å². The molecule has 3 rings (SSSR count). The largest absolute Gasteiger partial charge is 0.465 e. The summed E-state index contributed by atoms with van der Waals surface area (Å²) >= 11 is 6.17. The Hall–Kier alpha value is -2.67. The Labute approximate surface area is 130 Å². The number of esters is 1. The highest BCUT2D eigenvalue weighted by molar-refractivity contribution is 6.33. The van der Waals surface area contributed by atoms with Crippen molar-refractivity contribution in [2.75, 3.05) is 12.4 Å². The third kappa shape index (κ3) is 2.46. The summed E-state index contributed by atoms with van der Waals surface area (Å²) in [5, 5.41) is 8.47. The number of hydrogen-bond acceptors (Lipinski definition) is 6. The number of anilines is 2. The molecule has 2 heterocycles. The normalized spacial score (nSPS) is 10.7. The number of carbonyl (C=O) groups is 1. The van der Waals surface area contributed by atoms with E-state index in [1.54, 1.807) is 36.1 Å². The van der Waals surface area contributed by atoms with Gasteiger partial charge in [0.15, 0.2) is 5.65 Å². The van der Waals surface area contributed by atoms with Gasteiger partial charge < -0.3 is 10.1 Å². The SMILES string of the molecule is COC(=O)c1ccc(Cl)c(Nc2ncnc3c2cnn3C)c1. The van der Waals surface area contributed by atoms with Crippen LogP contribution in [0.2, 0.25) is 5.02 Å². The molecule has 1 N–H and O–H groups in total. The molecule has 0 aliphatic heterocycles. The molecule has 22 heavy (non-hydrogen) atoms. The van der Waals surface area contributed by atoms with E-state index >= 15 is 0 Å². The molecule has 7 nitrogen and oxygen atoms in total. The lowest BCUT2D eigenvalue weighted by atomic mass is 10.2. The molecule has 0 radical (unpaired) electrons. The standard InChI is InChI=1S/C14H12ClN5O2/c1-20-13-9(6-18-20)12(16-7-17-13)19-11-5-8(14(21)22-2)3-4-10(11)15/h3-7H,1-2H3,(H,16,17,19). The lowest BCUT2D eigenvalue weighted by Gasteiger charge is -2.09. The smallest absolute Gasteiger partial charge is 0.337 e. The van der Waals surface area contributed by atoms with Crippen LogP contribution in [-0.2, 0) is 11.8 Å². The number of nitrogens with zero attached hydrogens (tertiary/aromatic N) is 4. The molecule has 112 valence electrons. The first kappa shape index (κ1) is 14.3. The number of carbonyl (C=O) groups excluding carboxylic acids is 1. The summed E-state index contributed by atoms with van der Waals surface area (Å²) in [4.78, 5) is 20.0. The van der Waals surface area contributed by atoms with E-state index in [-0.39, 0.29) is 0 Å². The van der Waals surface area contributed by atoms with Gasteiger partial charge in [0.25, 0.3) is 0 Å². The Morgan fingerprint density at radius 2 is 2.18 bits per heavy atom. The van der Waals surface area contributed by atoms with Crippen LogP contribution in [0.25, 0.3) is 11.0 Å². The number of benzene rings is 1. The monoisotopic (exact) mass is 317 g/mol. The molecule has 0 unspecified atom stereocenters. The van der Waals surface area contributed by atoms with Crippen LogP contribution in [0.4, 0.5) is 11.5 Å². The maximum absolute atomic E-state index is 11.6. The van der Waals surface area contributed by atoms with Crippen molar-refractivity contribution in [1.82, 2.24) is 19.7 Å². The molecule has 0 atom stereocenters. The van der Waals surface area contributed by atoms with Crippen molar-refractivity contribution in [3.05, 3.63) is 41.3 Å². The van der Waals surface area contributed by atoms with Gasteiger partial charge in [-0.15, -0.1) is 0 Å². The third-order valence-corrected chi connectivity index (χ3v) is 3.50. The first-order valence-electron chi connectivity index (χ1n) is 6.37. The Morgan fingerprint density at radius 3 is 2.95 bits per heavy atom. The number of halogens is 1. The lowest BCUT2D eigenvalue weighted by molar-refractivity contribution is 0.0601. The maximum atomic E-state index is 11.6. The molecule has 2 aromatic heterocycles. The Kier molecular flexibility index (Phi) is 3.64. The van der Waals surface area contributed by atoms with Crippen molar-refractivity contribution in [2.24, 2.45) is 7.05 Å². The highest BCUT2D eigenvalue weighted by atomic mass is 35.5. The fraction of sp³-hybridized carbons (Fsp3) is 0.143. The molecule has 0 aliphatic rings. The average molecular weight is 318 g/mol. The van der Waals surface area contributed by atoms with Crippen LogP contribution in [0.1, 0.15) is 10.4 Å². The van der Waals surface area contributed by atoms with Crippen LogP contribution in [0, 0.1) is 0 Å². The Balaban J connectivity index is 2.03. The van der Waals surface area contributed by atoms with Crippen LogP contribution in [0.5, 0.6) is 0 Å². The Morgan fingerprint density at radius 1 is 1.36 bits per heavy atom. The highest BCUT2D eigenvalue weighted by Gasteiger charge is 2.12. The van der Waals surface area contributed by atoms with E-state index in [0.717, 1.165) is 5.39 Å². The van der Waals surface area contributed by atoms with Gasteiger partial charge in [0.1, 0.15) is 12.1 Å². The number of aromatic nitrogens is 4. The number of hydrogen-bond donors (Lipinski definition) is 1. The van der Waals surface area contributed by atoms with E-state index in [9.17, 15) is 4.79 Å². The molecule has 8 heteroatoms. The van der Waals surface area contributed by atoms with E-state index in [2.05, 4.69) is 20.4 Å². The van der Waals surface area contributed by atoms with Gasteiger partial charge >= 0.3 is 5.97 Å². The van der Waals surface area contributed by atoms with E-state index in [1.165, 1.54) is 13.4 Å². The summed E-state index contributed by atoms with van der Waals surface area (Å²) in [6.45, 7) is 0. The molecule has 0 fully saturated rings. The molecule has 0 amide bonds. The average Bonchev–Trinajstić information content (AvgIpc) is 2.91. The van der Waals surface area contributed by atoms with Gasteiger partial charge in [0, 0.05) is 7.05 Å². The van der Waals surface area contributed by atoms with Gasteiger partial charge in [-0.1, -0.05) is 11.6 Å². The minimum atomic E-state index is -0.436. The summed E-state index contributed by atoms with van der Waals surface area (Å²) in [5.74, 6) is 0.121. The van der Waals surface area contributed by atoms with Gasteiger partial charge in [0.2, 0.25) is 0 Å². The molecule has 0 saturated heterocycles. The van der Waals surface area contributed by atoms with Gasteiger partial charge in [-0.05, 0) is 18.2 Å². The van der Waals surface area contributed by atoms with Crippen molar-refractivity contribution in [3.63, 3.8) is 0 Å².